The number of hydrogen-bond donors (Lipinski definition) is 16. The number of nitrogens with two attached hydrogens (primary N) is 6. The molecule has 0 bridgehead atoms. The molecule has 29 heteroatoms. The van der Waals surface area contributed by atoms with Gasteiger partial charge in [0.2, 0.25) is 53.2 Å². The quantitative estimate of drug-likeness (QED) is 0.0174. The first-order chi connectivity index (χ1) is 37.5. The maximum absolute atomic E-state index is 14.4. The summed E-state index contributed by atoms with van der Waals surface area (Å²) in [6.07, 6.45) is -0.947. The number of benzene rings is 1. The number of guanidine groups is 2. The van der Waals surface area contributed by atoms with Crippen LogP contribution in [0.3, 0.4) is 0 Å². The number of nitrogens with zero attached hydrogens (tertiary/aromatic N) is 2. The van der Waals surface area contributed by atoms with Gasteiger partial charge in [0.25, 0.3) is 0 Å². The minimum atomic E-state index is -1.53. The molecule has 10 atom stereocenters. The Kier molecular flexibility index (Phi) is 31.6. The Morgan fingerprint density at radius 1 is 0.512 bits per heavy atom. The molecule has 80 heavy (non-hydrogen) atoms. The van der Waals surface area contributed by atoms with Gasteiger partial charge in [0.05, 0.1) is 6.04 Å². The van der Waals surface area contributed by atoms with E-state index < -0.39 is 144 Å². The fourth-order valence-electron chi connectivity index (χ4n) is 7.76. The second-order valence-corrected chi connectivity index (χ2v) is 20.2. The van der Waals surface area contributed by atoms with Crippen LogP contribution >= 0.6 is 0 Å². The monoisotopic (exact) mass is 1130 g/mol. The molecule has 29 nitrogen and oxygen atoms in total. The zero-order chi connectivity index (χ0) is 60.8. The molecule has 0 spiro atoms. The van der Waals surface area contributed by atoms with Crippen molar-refractivity contribution >= 4 is 77.0 Å². The molecule has 0 aromatic heterocycles. The van der Waals surface area contributed by atoms with Crippen molar-refractivity contribution in [1.29, 1.82) is 0 Å². The summed E-state index contributed by atoms with van der Waals surface area (Å²) in [5.41, 5.74) is 33.9. The first-order valence-corrected chi connectivity index (χ1v) is 26.5. The van der Waals surface area contributed by atoms with Gasteiger partial charge in [0.1, 0.15) is 48.3 Å². The van der Waals surface area contributed by atoms with Crippen molar-refractivity contribution in [2.24, 2.45) is 62.1 Å². The van der Waals surface area contributed by atoms with Gasteiger partial charge in [-0.15, -0.1) is 0 Å². The fourth-order valence-corrected chi connectivity index (χ4v) is 7.76. The van der Waals surface area contributed by atoms with E-state index in [1.54, 1.807) is 71.9 Å². The molecule has 0 aliphatic heterocycles. The third-order valence-corrected chi connectivity index (χ3v) is 12.5. The zero-order valence-electron chi connectivity index (χ0n) is 46.8. The number of carbonyl (C=O) groups excluding carboxylic acids is 9. The number of carboxylic acids is 2. The Bertz CT molecular complexity index is 2310. The third-order valence-electron chi connectivity index (χ3n) is 12.5. The molecule has 448 valence electrons. The van der Waals surface area contributed by atoms with Crippen molar-refractivity contribution in [2.45, 2.75) is 173 Å². The summed E-state index contributed by atoms with van der Waals surface area (Å²) < 4.78 is 0. The second-order valence-electron chi connectivity index (χ2n) is 20.2. The molecule has 0 aliphatic carbocycles. The molecule has 9 amide bonds. The summed E-state index contributed by atoms with van der Waals surface area (Å²) in [5, 5.41) is 39.4. The second kappa shape index (κ2) is 36.1. The first-order valence-electron chi connectivity index (χ1n) is 26.5. The molecule has 0 heterocycles. The summed E-state index contributed by atoms with van der Waals surface area (Å²) in [7, 11) is 0. The van der Waals surface area contributed by atoms with Crippen LogP contribution in [0.15, 0.2) is 40.3 Å². The highest BCUT2D eigenvalue weighted by atomic mass is 16.4. The van der Waals surface area contributed by atoms with Crippen LogP contribution in [0.4, 0.5) is 0 Å². The lowest BCUT2D eigenvalue weighted by Gasteiger charge is -2.30. The van der Waals surface area contributed by atoms with E-state index in [-0.39, 0.29) is 75.9 Å². The summed E-state index contributed by atoms with van der Waals surface area (Å²) >= 11 is 0. The van der Waals surface area contributed by atoms with Gasteiger partial charge in [-0.1, -0.05) is 78.3 Å². The lowest BCUT2D eigenvalue weighted by atomic mass is 9.96. The number of nitrogens with one attached hydrogen (secondary N) is 8. The first kappa shape index (κ1) is 69.9. The van der Waals surface area contributed by atoms with Crippen molar-refractivity contribution in [3.8, 4) is 0 Å². The van der Waals surface area contributed by atoms with E-state index in [4.69, 9.17) is 34.4 Å². The molecule has 0 unspecified atom stereocenters. The van der Waals surface area contributed by atoms with E-state index in [0.717, 1.165) is 0 Å². The van der Waals surface area contributed by atoms with Crippen LogP contribution in [0.1, 0.15) is 118 Å². The molecule has 0 aliphatic rings. The SMILES string of the molecule is CC[C@H](C)[C@H](NC(=O)[C@@H](N)CCCN=C(N)N)C(=O)N[C@@H](CCC(N)=O)C(=O)N[C@H](C(=O)N[C@@H](CCCN=C(N)N)C(=O)N[C@@H](Cc1ccccc1)C(=O)N[C@@H](C)C(=O)N[C@@H](CCC(=O)O)C(=O)N[C@@H](CC(C)C)C(=O)O)C(C)C. The highest BCUT2D eigenvalue weighted by molar-refractivity contribution is 5.98. The average Bonchev–Trinajstić information content (AvgIpc) is 3.37. The average molecular weight is 1130 g/mol. The number of carbonyl (C=O) groups is 11. The highest BCUT2D eigenvalue weighted by Crippen LogP contribution is 2.14. The number of aliphatic imine (C=N–C) groups is 2. The van der Waals surface area contributed by atoms with Crippen LogP contribution in [0.25, 0.3) is 0 Å². The van der Waals surface area contributed by atoms with Crippen LogP contribution in [0.5, 0.6) is 0 Å². The fraction of sp³-hybridized carbons (Fsp3) is 0.627. The Labute approximate surface area is 465 Å². The number of aliphatic carboxylic acids is 2. The minimum Gasteiger partial charge on any atom is -0.481 e. The van der Waals surface area contributed by atoms with Crippen molar-refractivity contribution in [1.82, 2.24) is 42.5 Å². The Hall–Kier alpha value is -8.11. The molecule has 1 aromatic rings. The number of rotatable bonds is 38. The lowest BCUT2D eigenvalue weighted by Crippen LogP contribution is -2.61. The molecule has 0 saturated heterocycles. The van der Waals surface area contributed by atoms with Gasteiger partial charge in [-0.05, 0) is 75.2 Å². The number of hydrogen-bond acceptors (Lipinski definition) is 14. The van der Waals surface area contributed by atoms with Crippen molar-refractivity contribution in [2.75, 3.05) is 13.1 Å². The van der Waals surface area contributed by atoms with Crippen molar-refractivity contribution in [3.63, 3.8) is 0 Å². The largest absolute Gasteiger partial charge is 0.481 e. The number of primary amides is 1. The van der Waals surface area contributed by atoms with E-state index in [1.165, 1.54) is 6.92 Å². The Balaban J connectivity index is 3.55. The topological polar surface area (TPSA) is 505 Å². The van der Waals surface area contributed by atoms with Crippen LogP contribution < -0.4 is 76.9 Å². The van der Waals surface area contributed by atoms with Crippen LogP contribution in [0.2, 0.25) is 0 Å². The standard InChI is InChI=1S/C51H86N16O13/c1-8-28(6)40(67-42(72)31(52)16-12-22-58-50(54)55)48(78)63-33(18-20-37(53)68)45(75)66-39(27(4)5)47(77)62-32(17-13-23-59-51(56)57)43(73)64-35(25-30-14-10-9-11-15-30)46(76)60-29(7)41(71)61-34(19-21-38(69)70)44(74)65-36(49(79)80)24-26(2)3/h9-11,14-15,26-29,31-36,39-40H,8,12-13,16-25,52H2,1-7H3,(H2,53,68)(H,60,76)(H,61,71)(H,62,77)(H,63,78)(H,64,73)(H,65,74)(H,66,75)(H,67,72)(H,69,70)(H,79,80)(H4,54,55,58)(H4,56,57,59)/t28-,29-,31-,32-,33-,34-,35-,36-,39-,40-/m0/s1. The van der Waals surface area contributed by atoms with Gasteiger partial charge in [-0.25, -0.2) is 4.79 Å². The highest BCUT2D eigenvalue weighted by Gasteiger charge is 2.36. The number of carboxylic acid groups (broad SMARTS) is 2. The molecule has 0 saturated carbocycles. The van der Waals surface area contributed by atoms with Gasteiger partial charge < -0.3 is 87.1 Å². The van der Waals surface area contributed by atoms with E-state index >= 15 is 0 Å². The normalized spacial score (nSPS) is 14.8. The predicted molar refractivity (Wildman–Crippen MR) is 296 cm³/mol. The Morgan fingerprint density at radius 3 is 1.45 bits per heavy atom. The third kappa shape index (κ3) is 27.5. The summed E-state index contributed by atoms with van der Waals surface area (Å²) in [5.74, 6) is -12.2. The van der Waals surface area contributed by atoms with E-state index in [9.17, 15) is 63.0 Å². The summed E-state index contributed by atoms with van der Waals surface area (Å²) in [6.45, 7) is 11.6. The van der Waals surface area contributed by atoms with Crippen LogP contribution in [-0.2, 0) is 59.2 Å². The van der Waals surface area contributed by atoms with Crippen LogP contribution in [-0.4, -0.2) is 155 Å². The van der Waals surface area contributed by atoms with Gasteiger partial charge >= 0.3 is 11.9 Å². The molecular formula is C51H86N16O13. The summed E-state index contributed by atoms with van der Waals surface area (Å²) in [4.78, 5) is 154. The van der Waals surface area contributed by atoms with Crippen molar-refractivity contribution < 1.29 is 63.0 Å². The maximum atomic E-state index is 14.4. The predicted octanol–water partition coefficient (Wildman–Crippen LogP) is -3.48. The minimum absolute atomic E-state index is 0.00222. The summed E-state index contributed by atoms with van der Waals surface area (Å²) in [6, 6.07) is -3.92. The number of amides is 9. The van der Waals surface area contributed by atoms with Crippen LogP contribution in [0, 0.1) is 17.8 Å². The molecular weight excluding hydrogens is 1040 g/mol. The molecule has 1 aromatic carbocycles. The van der Waals surface area contributed by atoms with Crippen molar-refractivity contribution in [3.05, 3.63) is 35.9 Å². The van der Waals surface area contributed by atoms with E-state index in [1.807, 2.05) is 0 Å². The van der Waals surface area contributed by atoms with E-state index in [2.05, 4.69) is 52.5 Å². The van der Waals surface area contributed by atoms with Gasteiger partial charge in [0.15, 0.2) is 11.9 Å². The zero-order valence-corrected chi connectivity index (χ0v) is 46.8. The molecule has 1 rings (SSSR count). The lowest BCUT2D eigenvalue weighted by molar-refractivity contribution is -0.143. The molecule has 22 N–H and O–H groups in total. The van der Waals surface area contributed by atoms with Gasteiger partial charge in [0, 0.05) is 32.4 Å². The van der Waals surface area contributed by atoms with E-state index in [0.29, 0.717) is 18.4 Å². The Morgan fingerprint density at radius 2 is 0.963 bits per heavy atom. The smallest absolute Gasteiger partial charge is 0.326 e. The molecule has 0 radical (unpaired) electrons. The maximum Gasteiger partial charge on any atom is 0.326 e. The van der Waals surface area contributed by atoms with Gasteiger partial charge in [-0.2, -0.15) is 0 Å². The molecule has 0 fully saturated rings. The van der Waals surface area contributed by atoms with Gasteiger partial charge in [-0.3, -0.25) is 57.9 Å².